The maximum Gasteiger partial charge on any atom is 0.228 e. The lowest BCUT2D eigenvalue weighted by molar-refractivity contribution is 0.0926. The predicted octanol–water partition coefficient (Wildman–Crippen LogP) is 6.34. The van der Waals surface area contributed by atoms with Crippen molar-refractivity contribution in [1.29, 1.82) is 0 Å². The molecule has 0 saturated carbocycles. The Bertz CT molecular complexity index is 688. The van der Waals surface area contributed by atoms with Crippen molar-refractivity contribution in [1.82, 2.24) is 0 Å². The fraction of sp³-hybridized carbons (Fsp3) is 0.545. The minimum absolute atomic E-state index is 0.190. The van der Waals surface area contributed by atoms with E-state index in [0.29, 0.717) is 23.1 Å². The van der Waals surface area contributed by atoms with Crippen LogP contribution in [0.1, 0.15) is 72.6 Å². The average Bonchev–Trinajstić information content (AvgIpc) is 2.64. The zero-order chi connectivity index (χ0) is 19.2. The molecule has 0 amide bonds. The summed E-state index contributed by atoms with van der Waals surface area (Å²) in [5.74, 6) is -0.956. The molecule has 1 aliphatic rings. The van der Waals surface area contributed by atoms with Crippen molar-refractivity contribution in [3.05, 3.63) is 46.7 Å². The SMILES string of the molecule is CC[Si](C)(C)CCCCCCCCC1=C(O)C(=O)c2ccccc2C1=O. The van der Waals surface area contributed by atoms with E-state index in [0.717, 1.165) is 19.3 Å². The number of fused-ring (bicyclic) bond motifs is 1. The Hall–Kier alpha value is -1.68. The molecule has 0 fully saturated rings. The average molecular weight is 373 g/mol. The van der Waals surface area contributed by atoms with Gasteiger partial charge in [0.15, 0.2) is 11.5 Å². The van der Waals surface area contributed by atoms with Crippen LogP contribution in [0.3, 0.4) is 0 Å². The van der Waals surface area contributed by atoms with E-state index in [1.54, 1.807) is 24.3 Å². The number of aliphatic hydroxyl groups excluding tert-OH is 1. The summed E-state index contributed by atoms with van der Waals surface area (Å²) < 4.78 is 0. The van der Waals surface area contributed by atoms with Crippen molar-refractivity contribution >= 4 is 19.6 Å². The third kappa shape index (κ3) is 5.16. The van der Waals surface area contributed by atoms with Gasteiger partial charge in [-0.15, -0.1) is 0 Å². The van der Waals surface area contributed by atoms with Crippen molar-refractivity contribution in [2.75, 3.05) is 0 Å². The number of Topliss-reactive ketones (excluding diaryl/α,β-unsaturated/α-hetero) is 2. The maximum absolute atomic E-state index is 12.5. The monoisotopic (exact) mass is 372 g/mol. The molecule has 0 saturated heterocycles. The van der Waals surface area contributed by atoms with Crippen LogP contribution < -0.4 is 0 Å². The van der Waals surface area contributed by atoms with Crippen molar-refractivity contribution < 1.29 is 14.7 Å². The first-order valence-corrected chi connectivity index (χ1v) is 13.4. The molecule has 142 valence electrons. The lowest BCUT2D eigenvalue weighted by Gasteiger charge is -2.19. The Morgan fingerprint density at radius 3 is 2.00 bits per heavy atom. The summed E-state index contributed by atoms with van der Waals surface area (Å²) in [4.78, 5) is 24.8. The van der Waals surface area contributed by atoms with Crippen LogP contribution in [0, 0.1) is 0 Å². The highest BCUT2D eigenvalue weighted by molar-refractivity contribution is 6.77. The van der Waals surface area contributed by atoms with E-state index >= 15 is 0 Å². The molecule has 0 aliphatic heterocycles. The van der Waals surface area contributed by atoms with Gasteiger partial charge in [0.05, 0.1) is 0 Å². The number of ketones is 2. The van der Waals surface area contributed by atoms with Crippen LogP contribution >= 0.6 is 0 Å². The highest BCUT2D eigenvalue weighted by Crippen LogP contribution is 2.28. The fourth-order valence-corrected chi connectivity index (χ4v) is 5.00. The summed E-state index contributed by atoms with van der Waals surface area (Å²) >= 11 is 0. The molecule has 26 heavy (non-hydrogen) atoms. The molecule has 0 bridgehead atoms. The van der Waals surface area contributed by atoms with E-state index in [1.165, 1.54) is 31.4 Å². The number of hydrogen-bond acceptors (Lipinski definition) is 3. The summed E-state index contributed by atoms with van der Waals surface area (Å²) in [6.07, 6.45) is 7.37. The van der Waals surface area contributed by atoms with Gasteiger partial charge in [-0.05, 0) is 12.8 Å². The molecule has 1 N–H and O–H groups in total. The van der Waals surface area contributed by atoms with Crippen LogP contribution in [-0.4, -0.2) is 24.7 Å². The Labute approximate surface area is 158 Å². The zero-order valence-corrected chi connectivity index (χ0v) is 17.4. The number of benzene rings is 1. The number of rotatable bonds is 10. The van der Waals surface area contributed by atoms with E-state index in [-0.39, 0.29) is 11.5 Å². The van der Waals surface area contributed by atoms with Crippen molar-refractivity contribution in [2.24, 2.45) is 0 Å². The molecule has 0 aromatic heterocycles. The molecule has 0 radical (unpaired) electrons. The Kier molecular flexibility index (Phi) is 7.39. The maximum atomic E-state index is 12.5. The van der Waals surface area contributed by atoms with Gasteiger partial charge in [0, 0.05) is 24.8 Å². The van der Waals surface area contributed by atoms with Gasteiger partial charge in [-0.25, -0.2) is 0 Å². The first-order chi connectivity index (χ1) is 12.4. The molecular weight excluding hydrogens is 340 g/mol. The summed E-state index contributed by atoms with van der Waals surface area (Å²) in [6, 6.07) is 9.52. The first-order valence-electron chi connectivity index (χ1n) is 9.98. The van der Waals surface area contributed by atoms with Gasteiger partial charge < -0.3 is 5.11 Å². The Morgan fingerprint density at radius 1 is 0.846 bits per heavy atom. The molecule has 2 rings (SSSR count). The summed E-state index contributed by atoms with van der Waals surface area (Å²) in [5.41, 5.74) is 1.04. The molecule has 4 heteroatoms. The third-order valence-electron chi connectivity index (χ3n) is 5.68. The van der Waals surface area contributed by atoms with Crippen LogP contribution in [0.2, 0.25) is 25.2 Å². The van der Waals surface area contributed by atoms with Gasteiger partial charge in [-0.2, -0.15) is 0 Å². The van der Waals surface area contributed by atoms with E-state index in [9.17, 15) is 14.7 Å². The summed E-state index contributed by atoms with van der Waals surface area (Å²) in [7, 11) is -0.929. The third-order valence-corrected chi connectivity index (χ3v) is 9.30. The normalized spacial score (nSPS) is 14.7. The quantitative estimate of drug-likeness (QED) is 0.385. The van der Waals surface area contributed by atoms with Gasteiger partial charge in [0.25, 0.3) is 0 Å². The zero-order valence-electron chi connectivity index (χ0n) is 16.4. The lowest BCUT2D eigenvalue weighted by Crippen LogP contribution is -2.22. The van der Waals surface area contributed by atoms with Crippen molar-refractivity contribution in [3.8, 4) is 0 Å². The van der Waals surface area contributed by atoms with Crippen LogP contribution in [0.5, 0.6) is 0 Å². The van der Waals surface area contributed by atoms with Gasteiger partial charge in [-0.1, -0.05) is 88.5 Å². The molecule has 0 spiro atoms. The van der Waals surface area contributed by atoms with E-state index < -0.39 is 13.9 Å². The second kappa shape index (κ2) is 9.31. The molecule has 0 atom stereocenters. The van der Waals surface area contributed by atoms with Gasteiger partial charge in [0.2, 0.25) is 5.78 Å². The number of carbonyl (C=O) groups excluding carboxylic acids is 2. The number of aliphatic hydroxyl groups is 1. The number of hydrogen-bond donors (Lipinski definition) is 1. The molecule has 1 aliphatic carbocycles. The summed E-state index contributed by atoms with van der Waals surface area (Å²) in [5, 5.41) is 10.1. The molecule has 0 unspecified atom stereocenters. The largest absolute Gasteiger partial charge is 0.504 e. The standard InChI is InChI=1S/C22H32O3Si/c1-4-26(2,3)16-12-8-6-5-7-9-15-19-20(23)17-13-10-11-14-18(17)21(24)22(19)25/h10-11,13-14,25H,4-9,12,15-16H2,1-3H3. The minimum Gasteiger partial charge on any atom is -0.504 e. The number of carbonyl (C=O) groups is 2. The molecule has 1 aromatic carbocycles. The molecule has 3 nitrogen and oxygen atoms in total. The predicted molar refractivity (Wildman–Crippen MR) is 110 cm³/mol. The Morgan fingerprint density at radius 2 is 1.38 bits per heavy atom. The number of unbranched alkanes of at least 4 members (excludes halogenated alkanes) is 5. The minimum atomic E-state index is -0.929. The lowest BCUT2D eigenvalue weighted by atomic mass is 9.86. The Balaban J connectivity index is 1.74. The second-order valence-electron chi connectivity index (χ2n) is 8.17. The fourth-order valence-electron chi connectivity index (χ4n) is 3.43. The van der Waals surface area contributed by atoms with Crippen molar-refractivity contribution in [2.45, 2.75) is 77.1 Å². The highest BCUT2D eigenvalue weighted by atomic mass is 28.3. The van der Waals surface area contributed by atoms with Crippen LogP contribution in [0.25, 0.3) is 0 Å². The van der Waals surface area contributed by atoms with Gasteiger partial charge in [-0.3, -0.25) is 9.59 Å². The van der Waals surface area contributed by atoms with Crippen LogP contribution in [-0.2, 0) is 0 Å². The topological polar surface area (TPSA) is 54.4 Å². The smallest absolute Gasteiger partial charge is 0.228 e. The summed E-state index contributed by atoms with van der Waals surface area (Å²) in [6.45, 7) is 7.24. The first kappa shape index (κ1) is 20.6. The van der Waals surface area contributed by atoms with E-state index in [4.69, 9.17) is 0 Å². The van der Waals surface area contributed by atoms with E-state index in [2.05, 4.69) is 20.0 Å². The molecule has 0 heterocycles. The molecular formula is C22H32O3Si. The van der Waals surface area contributed by atoms with Crippen LogP contribution in [0.15, 0.2) is 35.6 Å². The van der Waals surface area contributed by atoms with Gasteiger partial charge >= 0.3 is 0 Å². The van der Waals surface area contributed by atoms with Crippen LogP contribution in [0.4, 0.5) is 0 Å². The second-order valence-corrected chi connectivity index (χ2v) is 13.7. The van der Waals surface area contributed by atoms with Crippen molar-refractivity contribution in [3.63, 3.8) is 0 Å². The number of allylic oxidation sites excluding steroid dienone is 2. The highest BCUT2D eigenvalue weighted by Gasteiger charge is 2.31. The van der Waals surface area contributed by atoms with Gasteiger partial charge in [0.1, 0.15) is 0 Å². The molecule has 1 aromatic rings. The van der Waals surface area contributed by atoms with E-state index in [1.807, 2.05) is 0 Å².